The molecule has 1 nitrogen and oxygen atoms in total. The molecule has 0 aliphatic rings. The number of hydrogen-bond donors (Lipinski definition) is 0. The molecule has 256 valence electrons. The molecule has 1 heteroatoms. The van der Waals surface area contributed by atoms with Gasteiger partial charge in [0.2, 0.25) is 0 Å². The van der Waals surface area contributed by atoms with Crippen LogP contribution in [0.25, 0.3) is 86.9 Å². The summed E-state index contributed by atoms with van der Waals surface area (Å²) in [7, 11) is 0. The predicted octanol–water partition coefficient (Wildman–Crippen LogP) is 15.4. The van der Waals surface area contributed by atoms with Crippen LogP contribution >= 0.6 is 0 Å². The molecule has 0 heterocycles. The summed E-state index contributed by atoms with van der Waals surface area (Å²) in [4.78, 5) is 2.42. The van der Waals surface area contributed by atoms with Gasteiger partial charge < -0.3 is 4.90 Å². The van der Waals surface area contributed by atoms with E-state index in [2.05, 4.69) is 217 Å². The first-order valence-electron chi connectivity index (χ1n) is 19.0. The van der Waals surface area contributed by atoms with Gasteiger partial charge in [-0.15, -0.1) is 0 Å². The van der Waals surface area contributed by atoms with Gasteiger partial charge in [0, 0.05) is 17.1 Å². The first kappa shape index (κ1) is 31.3. The SMILES string of the molecule is c1cc(-c2ccc(-c3cccc4ccccc34)cc2)cc(N(c2ccc3c(ccc4ccccc43)c2)c2ccc3c4ccccc4c4ccccc4c3c2)c1. The zero-order valence-corrected chi connectivity index (χ0v) is 30.2. The molecule has 0 amide bonds. The molecule has 0 saturated heterocycles. The quantitative estimate of drug-likeness (QED) is 0.162. The van der Waals surface area contributed by atoms with Crippen LogP contribution in [0.15, 0.2) is 212 Å². The number of anilines is 3. The Kier molecular flexibility index (Phi) is 7.25. The summed E-state index contributed by atoms with van der Waals surface area (Å²) in [5.74, 6) is 0. The summed E-state index contributed by atoms with van der Waals surface area (Å²) in [5.41, 5.74) is 8.19. The zero-order valence-electron chi connectivity index (χ0n) is 30.2. The third-order valence-corrected chi connectivity index (χ3v) is 11.4. The van der Waals surface area contributed by atoms with E-state index in [0.717, 1.165) is 17.1 Å². The highest BCUT2D eigenvalue weighted by atomic mass is 15.1. The molecule has 0 radical (unpaired) electrons. The third kappa shape index (κ3) is 5.24. The van der Waals surface area contributed by atoms with Crippen LogP contribution in [0.4, 0.5) is 17.1 Å². The molecule has 0 unspecified atom stereocenters. The van der Waals surface area contributed by atoms with Gasteiger partial charge in [-0.1, -0.05) is 176 Å². The van der Waals surface area contributed by atoms with Crippen molar-refractivity contribution in [2.45, 2.75) is 0 Å². The summed E-state index contributed by atoms with van der Waals surface area (Å²) in [6.45, 7) is 0. The topological polar surface area (TPSA) is 3.24 Å². The summed E-state index contributed by atoms with van der Waals surface area (Å²) < 4.78 is 0. The van der Waals surface area contributed by atoms with Crippen LogP contribution in [0.3, 0.4) is 0 Å². The molecule has 0 aliphatic carbocycles. The second kappa shape index (κ2) is 12.7. The van der Waals surface area contributed by atoms with Crippen molar-refractivity contribution >= 4 is 81.7 Å². The lowest BCUT2D eigenvalue weighted by Gasteiger charge is -2.27. The zero-order chi connectivity index (χ0) is 36.3. The molecule has 55 heavy (non-hydrogen) atoms. The minimum Gasteiger partial charge on any atom is -0.310 e. The van der Waals surface area contributed by atoms with Gasteiger partial charge in [0.05, 0.1) is 0 Å². The monoisotopic (exact) mass is 697 g/mol. The molecular weight excluding hydrogens is 663 g/mol. The summed E-state index contributed by atoms with van der Waals surface area (Å²) in [5, 5.41) is 15.2. The smallest absolute Gasteiger partial charge is 0.0468 e. The summed E-state index contributed by atoms with van der Waals surface area (Å²) in [6.07, 6.45) is 0. The summed E-state index contributed by atoms with van der Waals surface area (Å²) in [6, 6.07) is 77.9. The normalized spacial score (nSPS) is 11.6. The van der Waals surface area contributed by atoms with Crippen molar-refractivity contribution in [3.05, 3.63) is 212 Å². The van der Waals surface area contributed by atoms with Crippen LogP contribution in [-0.2, 0) is 0 Å². The van der Waals surface area contributed by atoms with Crippen molar-refractivity contribution in [3.63, 3.8) is 0 Å². The Hall–Kier alpha value is -7.22. The molecule has 0 N–H and O–H groups in total. The van der Waals surface area contributed by atoms with Crippen molar-refractivity contribution in [3.8, 4) is 22.3 Å². The Morgan fingerprint density at radius 1 is 0.218 bits per heavy atom. The molecule has 0 fully saturated rings. The highest BCUT2D eigenvalue weighted by molar-refractivity contribution is 6.26. The number of benzene rings is 11. The van der Waals surface area contributed by atoms with Gasteiger partial charge in [0.1, 0.15) is 0 Å². The molecule has 11 aromatic rings. The first-order chi connectivity index (χ1) is 27.3. The van der Waals surface area contributed by atoms with Gasteiger partial charge in [0.25, 0.3) is 0 Å². The van der Waals surface area contributed by atoms with Crippen LogP contribution in [0, 0.1) is 0 Å². The average Bonchev–Trinajstić information content (AvgIpc) is 3.26. The molecule has 0 aliphatic heterocycles. The Morgan fingerprint density at radius 2 is 0.691 bits per heavy atom. The molecule has 0 bridgehead atoms. The maximum absolute atomic E-state index is 2.42. The second-order valence-electron chi connectivity index (χ2n) is 14.5. The van der Waals surface area contributed by atoms with Crippen LogP contribution < -0.4 is 4.90 Å². The van der Waals surface area contributed by atoms with Gasteiger partial charge >= 0.3 is 0 Å². The van der Waals surface area contributed by atoms with E-state index < -0.39 is 0 Å². The van der Waals surface area contributed by atoms with Crippen LogP contribution in [0.1, 0.15) is 0 Å². The largest absolute Gasteiger partial charge is 0.310 e. The highest BCUT2D eigenvalue weighted by Gasteiger charge is 2.17. The lowest BCUT2D eigenvalue weighted by molar-refractivity contribution is 1.30. The van der Waals surface area contributed by atoms with Gasteiger partial charge in [-0.3, -0.25) is 0 Å². The summed E-state index contributed by atoms with van der Waals surface area (Å²) >= 11 is 0. The fourth-order valence-electron chi connectivity index (χ4n) is 8.77. The maximum atomic E-state index is 2.42. The minimum atomic E-state index is 1.11. The van der Waals surface area contributed by atoms with E-state index in [9.17, 15) is 0 Å². The Balaban J connectivity index is 1.08. The second-order valence-corrected chi connectivity index (χ2v) is 14.5. The molecular formula is C54H35N. The lowest BCUT2D eigenvalue weighted by atomic mass is 9.93. The molecule has 0 atom stereocenters. The Labute approximate surface area is 320 Å². The van der Waals surface area contributed by atoms with Crippen molar-refractivity contribution in [2.75, 3.05) is 4.90 Å². The molecule has 0 aromatic heterocycles. The van der Waals surface area contributed by atoms with Crippen molar-refractivity contribution in [2.24, 2.45) is 0 Å². The van der Waals surface area contributed by atoms with Crippen LogP contribution in [0.2, 0.25) is 0 Å². The van der Waals surface area contributed by atoms with Gasteiger partial charge in [-0.2, -0.15) is 0 Å². The molecule has 11 rings (SSSR count). The molecule has 0 spiro atoms. The molecule has 0 saturated carbocycles. The minimum absolute atomic E-state index is 1.11. The van der Waals surface area contributed by atoms with Crippen LogP contribution in [0.5, 0.6) is 0 Å². The van der Waals surface area contributed by atoms with Crippen molar-refractivity contribution in [1.82, 2.24) is 0 Å². The van der Waals surface area contributed by atoms with Gasteiger partial charge in [0.15, 0.2) is 0 Å². The predicted molar refractivity (Wildman–Crippen MR) is 237 cm³/mol. The van der Waals surface area contributed by atoms with Gasteiger partial charge in [-0.25, -0.2) is 0 Å². The van der Waals surface area contributed by atoms with Crippen LogP contribution in [-0.4, -0.2) is 0 Å². The van der Waals surface area contributed by atoms with E-state index in [1.807, 2.05) is 0 Å². The number of nitrogens with zero attached hydrogens (tertiary/aromatic N) is 1. The van der Waals surface area contributed by atoms with Crippen molar-refractivity contribution in [1.29, 1.82) is 0 Å². The lowest BCUT2D eigenvalue weighted by Crippen LogP contribution is -2.10. The van der Waals surface area contributed by atoms with Crippen molar-refractivity contribution < 1.29 is 0 Å². The van der Waals surface area contributed by atoms with Gasteiger partial charge in [-0.05, 0) is 123 Å². The van der Waals surface area contributed by atoms with E-state index in [4.69, 9.17) is 0 Å². The fourth-order valence-corrected chi connectivity index (χ4v) is 8.77. The van der Waals surface area contributed by atoms with E-state index in [1.54, 1.807) is 0 Å². The fraction of sp³-hybridized carbons (Fsp3) is 0. The Bertz CT molecular complexity index is 3220. The van der Waals surface area contributed by atoms with E-state index in [0.29, 0.717) is 0 Å². The standard InChI is InChI=1S/C54H35N/c1-3-16-45-37(11-1)13-10-22-47(45)39-25-23-36(24-26-39)40-14-9-15-42(33-40)55(43-29-31-48-41(34-43)28-27-38-12-2-4-17-46(38)48)44-30-32-53-51-20-6-5-18-49(51)50-19-7-8-21-52(50)54(53)35-44/h1-35H. The Morgan fingerprint density at radius 3 is 1.42 bits per heavy atom. The first-order valence-corrected chi connectivity index (χ1v) is 19.0. The number of fused-ring (bicyclic) bond motifs is 10. The van der Waals surface area contributed by atoms with E-state index >= 15 is 0 Å². The molecule has 11 aromatic carbocycles. The average molecular weight is 698 g/mol. The third-order valence-electron chi connectivity index (χ3n) is 11.4. The van der Waals surface area contributed by atoms with E-state index in [1.165, 1.54) is 86.9 Å². The maximum Gasteiger partial charge on any atom is 0.0468 e. The number of hydrogen-bond acceptors (Lipinski definition) is 1. The van der Waals surface area contributed by atoms with E-state index in [-0.39, 0.29) is 0 Å². The number of rotatable bonds is 5. The highest BCUT2D eigenvalue weighted by Crippen LogP contribution is 2.43.